The van der Waals surface area contributed by atoms with E-state index >= 15 is 0 Å². The van der Waals surface area contributed by atoms with Gasteiger partial charge in [0.15, 0.2) is 0 Å². The lowest BCUT2D eigenvalue weighted by Gasteiger charge is -2.24. The van der Waals surface area contributed by atoms with Gasteiger partial charge in [-0.05, 0) is 0 Å². The molecule has 0 aromatic carbocycles. The summed E-state index contributed by atoms with van der Waals surface area (Å²) in [5, 5.41) is 0. The van der Waals surface area contributed by atoms with Crippen LogP contribution in [0.1, 0.15) is 19.3 Å². The number of alkyl halides is 7. The minimum absolute atomic E-state index is 0.417. The summed E-state index contributed by atoms with van der Waals surface area (Å²) in [5.74, 6) is -7.70. The van der Waals surface area contributed by atoms with Crippen LogP contribution in [0, 0.1) is 0 Å². The molecule has 1 fully saturated rings. The van der Waals surface area contributed by atoms with Crippen LogP contribution in [-0.4, -0.2) is 30.7 Å². The van der Waals surface area contributed by atoms with Gasteiger partial charge in [-0.2, -0.15) is 13.2 Å². The lowest BCUT2D eigenvalue weighted by atomic mass is 10.0. The van der Waals surface area contributed by atoms with Crippen molar-refractivity contribution >= 4 is 0 Å². The van der Waals surface area contributed by atoms with Crippen LogP contribution >= 0.6 is 0 Å². The normalized spacial score (nSPS) is 26.1. The second-order valence-electron chi connectivity index (χ2n) is 3.72. The Bertz CT molecular complexity index is 247. The molecule has 0 radical (unpaired) electrons. The average Bonchev–Trinajstić information content (AvgIpc) is 2.24. The molecule has 96 valence electrons. The third-order valence-electron chi connectivity index (χ3n) is 2.17. The van der Waals surface area contributed by atoms with E-state index in [1.165, 1.54) is 0 Å². The highest BCUT2D eigenvalue weighted by Gasteiger charge is 2.52. The van der Waals surface area contributed by atoms with Crippen LogP contribution in [0.3, 0.4) is 0 Å². The van der Waals surface area contributed by atoms with Crippen LogP contribution in [0.2, 0.25) is 0 Å². The first kappa shape index (κ1) is 13.5. The fourth-order valence-corrected chi connectivity index (χ4v) is 1.47. The first-order valence-corrected chi connectivity index (χ1v) is 4.46. The quantitative estimate of drug-likeness (QED) is 0.701. The van der Waals surface area contributed by atoms with E-state index in [2.05, 4.69) is 4.74 Å². The van der Waals surface area contributed by atoms with Crippen LogP contribution in [0.4, 0.5) is 30.7 Å². The van der Waals surface area contributed by atoms with Crippen LogP contribution < -0.4 is 0 Å². The number of hydrogen-bond acceptors (Lipinski definition) is 1. The summed E-state index contributed by atoms with van der Waals surface area (Å²) in [6.07, 6.45) is -12.0. The smallest absolute Gasteiger partial charge is 0.371 e. The molecule has 0 N–H and O–H groups in total. The second kappa shape index (κ2) is 4.05. The lowest BCUT2D eigenvalue weighted by molar-refractivity contribution is -0.202. The molecule has 0 saturated carbocycles. The highest BCUT2D eigenvalue weighted by atomic mass is 19.4. The zero-order valence-corrected chi connectivity index (χ0v) is 7.96. The van der Waals surface area contributed by atoms with Gasteiger partial charge in [0.25, 0.3) is 11.8 Å². The Hall–Kier alpha value is -0.530. The molecule has 16 heavy (non-hydrogen) atoms. The van der Waals surface area contributed by atoms with Gasteiger partial charge < -0.3 is 4.74 Å². The largest absolute Gasteiger partial charge is 0.394 e. The minimum atomic E-state index is -5.09. The minimum Gasteiger partial charge on any atom is -0.371 e. The van der Waals surface area contributed by atoms with Crippen LogP contribution in [0.15, 0.2) is 0 Å². The molecule has 0 bridgehead atoms. The van der Waals surface area contributed by atoms with E-state index in [0.717, 1.165) is 0 Å². The van der Waals surface area contributed by atoms with Crippen molar-refractivity contribution in [1.29, 1.82) is 0 Å². The summed E-state index contributed by atoms with van der Waals surface area (Å²) in [7, 11) is 0. The van der Waals surface area contributed by atoms with Crippen molar-refractivity contribution in [3.8, 4) is 0 Å². The molecule has 1 saturated heterocycles. The highest BCUT2D eigenvalue weighted by Crippen LogP contribution is 2.41. The molecule has 1 unspecified atom stereocenters. The molecule has 0 aromatic heterocycles. The van der Waals surface area contributed by atoms with Crippen molar-refractivity contribution in [2.24, 2.45) is 0 Å². The maximum Gasteiger partial charge on any atom is 0.394 e. The predicted molar refractivity (Wildman–Crippen MR) is 39.5 cm³/mol. The molecule has 1 aliphatic rings. The van der Waals surface area contributed by atoms with E-state index in [4.69, 9.17) is 0 Å². The molecule has 1 rings (SSSR count). The predicted octanol–water partition coefficient (Wildman–Crippen LogP) is 3.39. The van der Waals surface area contributed by atoms with Gasteiger partial charge in [0.1, 0.15) is 12.5 Å². The Morgan fingerprint density at radius 3 is 2.06 bits per heavy atom. The molecule has 0 aromatic rings. The van der Waals surface area contributed by atoms with Crippen molar-refractivity contribution < 1.29 is 35.5 Å². The summed E-state index contributed by atoms with van der Waals surface area (Å²) < 4.78 is 90.7. The molecule has 0 spiro atoms. The van der Waals surface area contributed by atoms with Gasteiger partial charge in [-0.1, -0.05) is 0 Å². The molecule has 1 nitrogen and oxygen atoms in total. The number of hydrogen-bond donors (Lipinski definition) is 0. The van der Waals surface area contributed by atoms with Gasteiger partial charge in [0.05, 0.1) is 6.61 Å². The number of halogens is 7. The Morgan fingerprint density at radius 1 is 1.12 bits per heavy atom. The fraction of sp³-hybridized carbons (Fsp3) is 1.00. The van der Waals surface area contributed by atoms with E-state index in [1.807, 2.05) is 0 Å². The van der Waals surface area contributed by atoms with Crippen molar-refractivity contribution in [3.63, 3.8) is 0 Å². The fourth-order valence-electron chi connectivity index (χ4n) is 1.47. The molecular formula is C8H9F7O. The lowest BCUT2D eigenvalue weighted by Crippen LogP contribution is -2.37. The number of ether oxygens (including phenoxy) is 1. The van der Waals surface area contributed by atoms with Crippen molar-refractivity contribution in [2.75, 3.05) is 6.61 Å². The molecule has 0 aliphatic carbocycles. The molecule has 1 aliphatic heterocycles. The third-order valence-corrected chi connectivity index (χ3v) is 2.17. The van der Waals surface area contributed by atoms with Crippen molar-refractivity contribution in [2.45, 2.75) is 43.4 Å². The van der Waals surface area contributed by atoms with E-state index < -0.39 is 50.0 Å². The van der Waals surface area contributed by atoms with E-state index in [-0.39, 0.29) is 0 Å². The van der Waals surface area contributed by atoms with Crippen LogP contribution in [-0.2, 0) is 4.74 Å². The Kier molecular flexibility index (Phi) is 3.42. The number of rotatable bonds is 3. The van der Waals surface area contributed by atoms with E-state index in [0.29, 0.717) is 0 Å². The zero-order chi connectivity index (χ0) is 12.6. The Morgan fingerprint density at radius 2 is 1.69 bits per heavy atom. The molecule has 1 atom stereocenters. The second-order valence-corrected chi connectivity index (χ2v) is 3.72. The maximum absolute atomic E-state index is 12.8. The van der Waals surface area contributed by atoms with Gasteiger partial charge in [-0.3, -0.25) is 0 Å². The van der Waals surface area contributed by atoms with Gasteiger partial charge >= 0.3 is 6.18 Å². The third kappa shape index (κ3) is 3.80. The van der Waals surface area contributed by atoms with Crippen molar-refractivity contribution in [3.05, 3.63) is 0 Å². The molecule has 0 amide bonds. The first-order chi connectivity index (χ1) is 7.02. The Labute approximate surface area is 86.6 Å². The summed E-state index contributed by atoms with van der Waals surface area (Å²) in [6.45, 7) is -0.417. The SMILES string of the molecule is FC(F)(F)CC(F)(F)CC1OCCC1(F)F. The zero-order valence-electron chi connectivity index (χ0n) is 7.96. The Balaban J connectivity index is 2.59. The van der Waals surface area contributed by atoms with Gasteiger partial charge in [-0.15, -0.1) is 0 Å². The van der Waals surface area contributed by atoms with Gasteiger partial charge in [-0.25, -0.2) is 17.6 Å². The topological polar surface area (TPSA) is 9.23 Å². The van der Waals surface area contributed by atoms with E-state index in [9.17, 15) is 30.7 Å². The monoisotopic (exact) mass is 254 g/mol. The van der Waals surface area contributed by atoms with Gasteiger partial charge in [0, 0.05) is 12.8 Å². The van der Waals surface area contributed by atoms with Crippen molar-refractivity contribution in [1.82, 2.24) is 0 Å². The molecular weight excluding hydrogens is 245 g/mol. The van der Waals surface area contributed by atoms with E-state index in [1.54, 1.807) is 0 Å². The van der Waals surface area contributed by atoms with Crippen LogP contribution in [0.25, 0.3) is 0 Å². The molecule has 1 heterocycles. The van der Waals surface area contributed by atoms with Gasteiger partial charge in [0.2, 0.25) is 0 Å². The summed E-state index contributed by atoms with van der Waals surface area (Å²) in [5.41, 5.74) is 0. The first-order valence-electron chi connectivity index (χ1n) is 4.46. The highest BCUT2D eigenvalue weighted by molar-refractivity contribution is 4.88. The summed E-state index contributed by atoms with van der Waals surface area (Å²) in [4.78, 5) is 0. The summed E-state index contributed by atoms with van der Waals surface area (Å²) in [6, 6.07) is 0. The maximum atomic E-state index is 12.8. The van der Waals surface area contributed by atoms with Crippen LogP contribution in [0.5, 0.6) is 0 Å². The summed E-state index contributed by atoms with van der Waals surface area (Å²) >= 11 is 0. The average molecular weight is 254 g/mol. The standard InChI is InChI=1S/C8H9F7O/c9-6(10,4-8(13,14)15)3-5-7(11,12)1-2-16-5/h5H,1-4H2. The molecule has 8 heteroatoms.